The highest BCUT2D eigenvalue weighted by atomic mass is 32.1. The summed E-state index contributed by atoms with van der Waals surface area (Å²) in [5.41, 5.74) is 5.99. The Bertz CT molecular complexity index is 499. The molecule has 2 heterocycles. The predicted octanol–water partition coefficient (Wildman–Crippen LogP) is 2.97. The zero-order chi connectivity index (χ0) is 12.4. The fraction of sp³-hybridized carbons (Fsp3) is 0.385. The third-order valence-corrected chi connectivity index (χ3v) is 4.04. The maximum Gasteiger partial charge on any atom is 0.240 e. The summed E-state index contributed by atoms with van der Waals surface area (Å²) in [7, 11) is 0. The lowest BCUT2D eigenvalue weighted by Crippen LogP contribution is -2.30. The van der Waals surface area contributed by atoms with Crippen LogP contribution in [0.1, 0.15) is 30.7 Å². The highest BCUT2D eigenvalue weighted by molar-refractivity contribution is 7.11. The van der Waals surface area contributed by atoms with Crippen molar-refractivity contribution in [1.82, 2.24) is 5.43 Å². The van der Waals surface area contributed by atoms with E-state index in [-0.39, 0.29) is 11.8 Å². The van der Waals surface area contributed by atoms with Gasteiger partial charge in [0, 0.05) is 17.2 Å². The largest absolute Gasteiger partial charge is 0.273 e. The summed E-state index contributed by atoms with van der Waals surface area (Å²) in [6.07, 6.45) is 2.59. The minimum atomic E-state index is -0.000364. The first-order valence-electron chi connectivity index (χ1n) is 5.67. The maximum atomic E-state index is 11.2. The Hall–Kier alpha value is -1.42. The molecule has 1 unspecified atom stereocenters. The molecule has 0 fully saturated rings. The van der Waals surface area contributed by atoms with Gasteiger partial charge in [-0.3, -0.25) is 4.79 Å². The second-order valence-corrected chi connectivity index (χ2v) is 5.35. The number of allylic oxidation sites excluding steroid dienone is 2. The van der Waals surface area contributed by atoms with E-state index in [1.165, 1.54) is 16.0 Å². The third-order valence-electron chi connectivity index (χ3n) is 2.89. The van der Waals surface area contributed by atoms with Crippen molar-refractivity contribution in [2.75, 3.05) is 0 Å². The highest BCUT2D eigenvalue weighted by Gasteiger charge is 2.18. The molecule has 0 saturated heterocycles. The van der Waals surface area contributed by atoms with Gasteiger partial charge in [-0.05, 0) is 42.5 Å². The third kappa shape index (κ3) is 2.64. The van der Waals surface area contributed by atoms with Crippen LogP contribution in [0.2, 0.25) is 0 Å². The zero-order valence-corrected chi connectivity index (χ0v) is 11.1. The Labute approximate surface area is 105 Å². The van der Waals surface area contributed by atoms with E-state index < -0.39 is 0 Å². The van der Waals surface area contributed by atoms with Crippen molar-refractivity contribution in [2.24, 2.45) is 11.0 Å². The standard InChI is InChI=1S/C13H16N2OS/c1-8-4-5-17-13(8)10(3)6-11-9(2)7-12(16)15-14-11/h4-6,9H,7H2,1-3H3,(H,15,16). The SMILES string of the molecule is CC(=CC1=NNC(=O)CC1C)c1sccc1C. The fourth-order valence-corrected chi connectivity index (χ4v) is 2.81. The molecule has 90 valence electrons. The summed E-state index contributed by atoms with van der Waals surface area (Å²) < 4.78 is 0. The molecular formula is C13H16N2OS. The number of rotatable bonds is 2. The molecule has 1 atom stereocenters. The predicted molar refractivity (Wildman–Crippen MR) is 72.1 cm³/mol. The van der Waals surface area contributed by atoms with Gasteiger partial charge in [0.15, 0.2) is 0 Å². The van der Waals surface area contributed by atoms with E-state index in [9.17, 15) is 4.79 Å². The number of nitrogens with one attached hydrogen (secondary N) is 1. The molecule has 2 rings (SSSR count). The Morgan fingerprint density at radius 2 is 2.41 bits per heavy atom. The number of nitrogens with zero attached hydrogens (tertiary/aromatic N) is 1. The van der Waals surface area contributed by atoms with Gasteiger partial charge in [-0.1, -0.05) is 6.92 Å². The number of thiophene rings is 1. The monoisotopic (exact) mass is 248 g/mol. The first-order chi connectivity index (χ1) is 8.08. The Kier molecular flexibility index (Phi) is 3.43. The molecule has 1 aliphatic heterocycles. The molecule has 0 bridgehead atoms. The summed E-state index contributed by atoms with van der Waals surface area (Å²) in [5, 5.41) is 6.21. The average Bonchev–Trinajstić information content (AvgIpc) is 2.68. The summed E-state index contributed by atoms with van der Waals surface area (Å²) in [6.45, 7) is 6.23. The number of hydrogen-bond acceptors (Lipinski definition) is 3. The lowest BCUT2D eigenvalue weighted by molar-refractivity contribution is -0.121. The molecule has 1 aromatic heterocycles. The number of amides is 1. The van der Waals surface area contributed by atoms with Crippen LogP contribution >= 0.6 is 11.3 Å². The van der Waals surface area contributed by atoms with E-state index in [1.54, 1.807) is 11.3 Å². The summed E-state index contributed by atoms with van der Waals surface area (Å²) in [6, 6.07) is 2.12. The number of hydrogen-bond donors (Lipinski definition) is 1. The van der Waals surface area contributed by atoms with Gasteiger partial charge in [0.05, 0.1) is 5.71 Å². The van der Waals surface area contributed by atoms with Gasteiger partial charge in [-0.25, -0.2) is 5.43 Å². The molecule has 1 N–H and O–H groups in total. The molecule has 4 heteroatoms. The molecule has 0 saturated carbocycles. The summed E-state index contributed by atoms with van der Waals surface area (Å²) >= 11 is 1.74. The first kappa shape index (κ1) is 12.0. The van der Waals surface area contributed by atoms with Gasteiger partial charge in [0.25, 0.3) is 0 Å². The topological polar surface area (TPSA) is 41.5 Å². The van der Waals surface area contributed by atoms with Crippen LogP contribution in [-0.4, -0.2) is 11.6 Å². The number of aryl methyl sites for hydroxylation is 1. The maximum absolute atomic E-state index is 11.2. The minimum Gasteiger partial charge on any atom is -0.273 e. The minimum absolute atomic E-state index is 0.000364. The van der Waals surface area contributed by atoms with E-state index in [0.29, 0.717) is 6.42 Å². The zero-order valence-electron chi connectivity index (χ0n) is 10.3. The first-order valence-corrected chi connectivity index (χ1v) is 6.55. The molecular weight excluding hydrogens is 232 g/mol. The van der Waals surface area contributed by atoms with Crippen LogP contribution in [0.3, 0.4) is 0 Å². The van der Waals surface area contributed by atoms with Gasteiger partial charge in [-0.2, -0.15) is 5.10 Å². The van der Waals surface area contributed by atoms with Gasteiger partial charge in [-0.15, -0.1) is 11.3 Å². The molecule has 1 amide bonds. The van der Waals surface area contributed by atoms with E-state index in [4.69, 9.17) is 0 Å². The van der Waals surface area contributed by atoms with Crippen LogP contribution in [0, 0.1) is 12.8 Å². The molecule has 0 spiro atoms. The molecule has 0 aliphatic carbocycles. The van der Waals surface area contributed by atoms with E-state index >= 15 is 0 Å². The molecule has 0 aromatic carbocycles. The van der Waals surface area contributed by atoms with Crippen molar-refractivity contribution in [3.8, 4) is 0 Å². The van der Waals surface area contributed by atoms with Crippen molar-refractivity contribution in [2.45, 2.75) is 27.2 Å². The normalized spacial score (nSPS) is 21.1. The quantitative estimate of drug-likeness (QED) is 0.859. The van der Waals surface area contributed by atoms with Crippen molar-refractivity contribution < 1.29 is 4.79 Å². The fourth-order valence-electron chi connectivity index (χ4n) is 1.90. The lowest BCUT2D eigenvalue weighted by atomic mass is 9.97. The highest BCUT2D eigenvalue weighted by Crippen LogP contribution is 2.25. The van der Waals surface area contributed by atoms with Gasteiger partial charge in [0.2, 0.25) is 5.91 Å². The summed E-state index contributed by atoms with van der Waals surface area (Å²) in [4.78, 5) is 12.4. The summed E-state index contributed by atoms with van der Waals surface area (Å²) in [5.74, 6) is 0.193. The molecule has 1 aliphatic rings. The average molecular weight is 248 g/mol. The van der Waals surface area contributed by atoms with Crippen LogP contribution in [-0.2, 0) is 4.79 Å². The molecule has 17 heavy (non-hydrogen) atoms. The van der Waals surface area contributed by atoms with Gasteiger partial charge in [0.1, 0.15) is 0 Å². The van der Waals surface area contributed by atoms with Crippen LogP contribution in [0.5, 0.6) is 0 Å². The molecule has 1 aromatic rings. The van der Waals surface area contributed by atoms with Crippen molar-refractivity contribution in [3.63, 3.8) is 0 Å². The van der Waals surface area contributed by atoms with Crippen LogP contribution in [0.15, 0.2) is 22.6 Å². The lowest BCUT2D eigenvalue weighted by Gasteiger charge is -2.17. The van der Waals surface area contributed by atoms with E-state index in [0.717, 1.165) is 5.71 Å². The molecule has 3 nitrogen and oxygen atoms in total. The van der Waals surface area contributed by atoms with Crippen LogP contribution < -0.4 is 5.43 Å². The number of carbonyl (C=O) groups is 1. The Morgan fingerprint density at radius 3 is 3.00 bits per heavy atom. The van der Waals surface area contributed by atoms with E-state index in [1.807, 2.05) is 6.92 Å². The van der Waals surface area contributed by atoms with Gasteiger partial charge < -0.3 is 0 Å². The van der Waals surface area contributed by atoms with Crippen molar-refractivity contribution in [3.05, 3.63) is 28.0 Å². The smallest absolute Gasteiger partial charge is 0.240 e. The number of hydrazone groups is 1. The molecule has 0 radical (unpaired) electrons. The van der Waals surface area contributed by atoms with Crippen molar-refractivity contribution in [1.29, 1.82) is 0 Å². The van der Waals surface area contributed by atoms with Crippen molar-refractivity contribution >= 4 is 28.5 Å². The van der Waals surface area contributed by atoms with Gasteiger partial charge >= 0.3 is 0 Å². The Balaban J connectivity index is 2.25. The second kappa shape index (κ2) is 4.84. The van der Waals surface area contributed by atoms with Crippen LogP contribution in [0.4, 0.5) is 0 Å². The van der Waals surface area contributed by atoms with E-state index in [2.05, 4.69) is 41.9 Å². The number of carbonyl (C=O) groups excluding carboxylic acids is 1. The second-order valence-electron chi connectivity index (χ2n) is 4.44. The Morgan fingerprint density at radius 1 is 1.65 bits per heavy atom. The van der Waals surface area contributed by atoms with Crippen LogP contribution in [0.25, 0.3) is 5.57 Å².